The molecule has 0 saturated carbocycles. The van der Waals surface area contributed by atoms with Crippen molar-refractivity contribution >= 4 is 23.0 Å². The third kappa shape index (κ3) is 3.39. The number of nitrogens with one attached hydrogen (secondary N) is 2. The Morgan fingerprint density at radius 1 is 1.18 bits per heavy atom. The van der Waals surface area contributed by atoms with Gasteiger partial charge in [-0.2, -0.15) is 0 Å². The van der Waals surface area contributed by atoms with Crippen LogP contribution in [-0.2, 0) is 6.54 Å². The Labute approximate surface area is 104 Å². The molecule has 0 amide bonds. The van der Waals surface area contributed by atoms with E-state index < -0.39 is 0 Å². The summed E-state index contributed by atoms with van der Waals surface area (Å²) in [5, 5.41) is 9.45. The van der Waals surface area contributed by atoms with Crippen LogP contribution in [0.3, 0.4) is 0 Å². The van der Waals surface area contributed by atoms with E-state index in [2.05, 4.69) is 25.6 Å². The van der Waals surface area contributed by atoms with E-state index in [4.69, 9.17) is 0 Å². The number of aromatic nitrogens is 3. The van der Waals surface area contributed by atoms with E-state index in [1.165, 1.54) is 0 Å². The van der Waals surface area contributed by atoms with Gasteiger partial charge in [0.1, 0.15) is 11.6 Å². The van der Waals surface area contributed by atoms with Crippen molar-refractivity contribution < 1.29 is 0 Å². The number of rotatable bonds is 5. The van der Waals surface area contributed by atoms with E-state index in [0.717, 1.165) is 28.9 Å². The van der Waals surface area contributed by atoms with Gasteiger partial charge in [0.15, 0.2) is 0 Å². The number of aryl methyl sites for hydroxylation is 1. The van der Waals surface area contributed by atoms with Crippen LogP contribution in [0.4, 0.5) is 11.6 Å². The molecule has 0 fully saturated rings. The molecule has 90 valence electrons. The largest absolute Gasteiger partial charge is 0.369 e. The van der Waals surface area contributed by atoms with Crippen LogP contribution in [0.1, 0.15) is 17.6 Å². The van der Waals surface area contributed by atoms with Crippen LogP contribution < -0.4 is 10.6 Å². The summed E-state index contributed by atoms with van der Waals surface area (Å²) in [5.41, 5.74) is 1.03. The Kier molecular flexibility index (Phi) is 3.87. The van der Waals surface area contributed by atoms with Gasteiger partial charge in [0.05, 0.1) is 29.6 Å². The highest BCUT2D eigenvalue weighted by atomic mass is 32.1. The normalized spacial score (nSPS) is 10.2. The van der Waals surface area contributed by atoms with Gasteiger partial charge in [-0.25, -0.2) is 9.97 Å². The third-order valence-corrected chi connectivity index (χ3v) is 2.93. The predicted molar refractivity (Wildman–Crippen MR) is 70.4 cm³/mol. The molecule has 0 aliphatic carbocycles. The molecule has 0 aromatic carbocycles. The Morgan fingerprint density at radius 2 is 1.94 bits per heavy atom. The molecule has 2 heterocycles. The minimum Gasteiger partial charge on any atom is -0.369 e. The SMILES string of the molecule is CCNc1cncc(NCc2csc(C)n2)n1. The number of anilines is 2. The predicted octanol–water partition coefficient (Wildman–Crippen LogP) is 2.29. The molecule has 0 aliphatic rings. The maximum atomic E-state index is 4.38. The minimum atomic E-state index is 0.675. The molecule has 0 unspecified atom stereocenters. The smallest absolute Gasteiger partial charge is 0.147 e. The highest BCUT2D eigenvalue weighted by Crippen LogP contribution is 2.11. The number of nitrogens with zero attached hydrogens (tertiary/aromatic N) is 3. The molecule has 5 nitrogen and oxygen atoms in total. The Bertz CT molecular complexity index is 482. The molecule has 0 radical (unpaired) electrons. The van der Waals surface area contributed by atoms with Crippen molar-refractivity contribution in [2.24, 2.45) is 0 Å². The number of hydrogen-bond acceptors (Lipinski definition) is 6. The van der Waals surface area contributed by atoms with E-state index in [9.17, 15) is 0 Å². The van der Waals surface area contributed by atoms with Crippen LogP contribution >= 0.6 is 11.3 Å². The standard InChI is InChI=1S/C11H15N5S/c1-3-13-10-5-12-6-11(16-10)14-4-9-7-17-8(2)15-9/h5-7H,3-4H2,1-2H3,(H2,13,14,16). The summed E-state index contributed by atoms with van der Waals surface area (Å²) in [6.45, 7) is 5.54. The second kappa shape index (κ2) is 5.58. The molecule has 0 aliphatic heterocycles. The lowest BCUT2D eigenvalue weighted by Gasteiger charge is -2.06. The lowest BCUT2D eigenvalue weighted by molar-refractivity contribution is 1.02. The second-order valence-electron chi connectivity index (χ2n) is 3.53. The third-order valence-electron chi connectivity index (χ3n) is 2.11. The van der Waals surface area contributed by atoms with Crippen molar-refractivity contribution in [3.8, 4) is 0 Å². The Morgan fingerprint density at radius 3 is 2.59 bits per heavy atom. The topological polar surface area (TPSA) is 62.7 Å². The van der Waals surface area contributed by atoms with Gasteiger partial charge in [-0.1, -0.05) is 0 Å². The van der Waals surface area contributed by atoms with Crippen molar-refractivity contribution in [2.75, 3.05) is 17.2 Å². The van der Waals surface area contributed by atoms with Crippen molar-refractivity contribution in [3.05, 3.63) is 28.5 Å². The van der Waals surface area contributed by atoms with Gasteiger partial charge in [0.2, 0.25) is 0 Å². The summed E-state index contributed by atoms with van der Waals surface area (Å²) >= 11 is 1.65. The summed E-state index contributed by atoms with van der Waals surface area (Å²) in [6.07, 6.45) is 3.42. The van der Waals surface area contributed by atoms with Crippen LogP contribution in [0, 0.1) is 6.92 Å². The second-order valence-corrected chi connectivity index (χ2v) is 4.59. The van der Waals surface area contributed by atoms with Crippen LogP contribution in [0.5, 0.6) is 0 Å². The minimum absolute atomic E-state index is 0.675. The van der Waals surface area contributed by atoms with Gasteiger partial charge in [-0.15, -0.1) is 11.3 Å². The summed E-state index contributed by atoms with van der Waals surface area (Å²) in [6, 6.07) is 0. The van der Waals surface area contributed by atoms with Crippen LogP contribution in [0.2, 0.25) is 0 Å². The van der Waals surface area contributed by atoms with Crippen LogP contribution in [0.25, 0.3) is 0 Å². The average Bonchev–Trinajstić information content (AvgIpc) is 2.74. The molecule has 2 aromatic rings. The van der Waals surface area contributed by atoms with E-state index in [1.807, 2.05) is 19.2 Å². The molecule has 17 heavy (non-hydrogen) atoms. The maximum absolute atomic E-state index is 4.38. The Hall–Kier alpha value is -1.69. The molecule has 2 rings (SSSR count). The van der Waals surface area contributed by atoms with E-state index >= 15 is 0 Å². The van der Waals surface area contributed by atoms with E-state index in [0.29, 0.717) is 6.54 Å². The fourth-order valence-electron chi connectivity index (χ4n) is 1.39. The molecular formula is C11H15N5S. The van der Waals surface area contributed by atoms with E-state index in [-0.39, 0.29) is 0 Å². The monoisotopic (exact) mass is 249 g/mol. The fourth-order valence-corrected chi connectivity index (χ4v) is 2.00. The molecule has 0 atom stereocenters. The van der Waals surface area contributed by atoms with Gasteiger partial charge < -0.3 is 10.6 Å². The summed E-state index contributed by atoms with van der Waals surface area (Å²) < 4.78 is 0. The van der Waals surface area contributed by atoms with Crippen molar-refractivity contribution in [1.29, 1.82) is 0 Å². The molecule has 6 heteroatoms. The fraction of sp³-hybridized carbons (Fsp3) is 0.364. The molecule has 0 spiro atoms. The first-order chi connectivity index (χ1) is 8.28. The molecule has 2 N–H and O–H groups in total. The first-order valence-corrected chi connectivity index (χ1v) is 6.36. The highest BCUT2D eigenvalue weighted by Gasteiger charge is 2.00. The average molecular weight is 249 g/mol. The van der Waals surface area contributed by atoms with Crippen molar-refractivity contribution in [3.63, 3.8) is 0 Å². The van der Waals surface area contributed by atoms with Gasteiger partial charge in [0.25, 0.3) is 0 Å². The summed E-state index contributed by atoms with van der Waals surface area (Å²) in [5.74, 6) is 1.54. The zero-order valence-electron chi connectivity index (χ0n) is 9.90. The highest BCUT2D eigenvalue weighted by molar-refractivity contribution is 7.09. The molecule has 0 saturated heterocycles. The Balaban J connectivity index is 1.96. The maximum Gasteiger partial charge on any atom is 0.147 e. The lowest BCUT2D eigenvalue weighted by atomic mass is 10.4. The van der Waals surface area contributed by atoms with Gasteiger partial charge in [-0.05, 0) is 13.8 Å². The van der Waals surface area contributed by atoms with Gasteiger partial charge in [0, 0.05) is 11.9 Å². The molecular weight excluding hydrogens is 234 g/mol. The molecule has 2 aromatic heterocycles. The first kappa shape index (κ1) is 11.8. The van der Waals surface area contributed by atoms with Crippen molar-refractivity contribution in [1.82, 2.24) is 15.0 Å². The van der Waals surface area contributed by atoms with Gasteiger partial charge >= 0.3 is 0 Å². The molecule has 0 bridgehead atoms. The summed E-state index contributed by atoms with van der Waals surface area (Å²) in [4.78, 5) is 12.9. The quantitative estimate of drug-likeness (QED) is 0.851. The summed E-state index contributed by atoms with van der Waals surface area (Å²) in [7, 11) is 0. The van der Waals surface area contributed by atoms with Gasteiger partial charge in [-0.3, -0.25) is 4.98 Å². The lowest BCUT2D eigenvalue weighted by Crippen LogP contribution is -2.05. The number of hydrogen-bond donors (Lipinski definition) is 2. The zero-order valence-corrected chi connectivity index (χ0v) is 10.7. The van der Waals surface area contributed by atoms with E-state index in [1.54, 1.807) is 23.7 Å². The van der Waals surface area contributed by atoms with Crippen LogP contribution in [0.15, 0.2) is 17.8 Å². The number of thiazole rings is 1. The van der Waals surface area contributed by atoms with Crippen LogP contribution in [-0.4, -0.2) is 21.5 Å². The first-order valence-electron chi connectivity index (χ1n) is 5.48. The van der Waals surface area contributed by atoms with Crippen molar-refractivity contribution in [2.45, 2.75) is 20.4 Å². The zero-order chi connectivity index (χ0) is 12.1.